The van der Waals surface area contributed by atoms with Crippen LogP contribution in [0.5, 0.6) is 0 Å². The van der Waals surface area contributed by atoms with Crippen molar-refractivity contribution in [2.45, 2.75) is 16.6 Å². The van der Waals surface area contributed by atoms with Gasteiger partial charge in [-0.3, -0.25) is 4.99 Å². The molecule has 1 aliphatic rings. The Morgan fingerprint density at radius 2 is 1.54 bits per heavy atom. The first-order valence-electron chi connectivity index (χ1n) is 7.94. The first-order valence-corrected chi connectivity index (χ1v) is 9.61. The molecular formula is C21H16BrNS. The lowest BCUT2D eigenvalue weighted by Gasteiger charge is -2.16. The minimum atomic E-state index is 0.362. The molecule has 3 aromatic carbocycles. The van der Waals surface area contributed by atoms with Crippen molar-refractivity contribution in [2.75, 3.05) is 0 Å². The fourth-order valence-electron chi connectivity index (χ4n) is 2.89. The molecule has 0 saturated carbocycles. The molecule has 1 aliphatic heterocycles. The van der Waals surface area contributed by atoms with E-state index in [9.17, 15) is 0 Å². The van der Waals surface area contributed by atoms with Crippen LogP contribution in [0, 0.1) is 0 Å². The van der Waals surface area contributed by atoms with Crippen LogP contribution in [0.25, 0.3) is 0 Å². The summed E-state index contributed by atoms with van der Waals surface area (Å²) in [6.07, 6.45) is 0.922. The van der Waals surface area contributed by atoms with E-state index in [1.807, 2.05) is 11.8 Å². The zero-order valence-electron chi connectivity index (χ0n) is 13.0. The van der Waals surface area contributed by atoms with Gasteiger partial charge in [0.15, 0.2) is 0 Å². The number of rotatable bonds is 2. The van der Waals surface area contributed by atoms with E-state index < -0.39 is 0 Å². The maximum atomic E-state index is 4.99. The maximum Gasteiger partial charge on any atom is 0.0769 e. The third kappa shape index (κ3) is 3.33. The Morgan fingerprint density at radius 1 is 0.833 bits per heavy atom. The molecule has 0 amide bonds. The molecule has 0 saturated heterocycles. The van der Waals surface area contributed by atoms with Gasteiger partial charge >= 0.3 is 0 Å². The predicted octanol–water partition coefficient (Wildman–Crippen LogP) is 6.81. The lowest BCUT2D eigenvalue weighted by molar-refractivity contribution is 1.01. The SMILES string of the molecule is Brc1ccc(C2CC(c3ccccc3)=Nc3ccccc3S2)cc1. The van der Waals surface area contributed by atoms with Gasteiger partial charge in [-0.1, -0.05) is 70.5 Å². The molecular weight excluding hydrogens is 378 g/mol. The number of fused-ring (bicyclic) bond motifs is 1. The van der Waals surface area contributed by atoms with Gasteiger partial charge in [-0.05, 0) is 35.4 Å². The normalized spacial score (nSPS) is 16.9. The van der Waals surface area contributed by atoms with Crippen molar-refractivity contribution in [1.82, 2.24) is 0 Å². The van der Waals surface area contributed by atoms with E-state index in [-0.39, 0.29) is 0 Å². The molecule has 0 fully saturated rings. The highest BCUT2D eigenvalue weighted by atomic mass is 79.9. The summed E-state index contributed by atoms with van der Waals surface area (Å²) in [5.74, 6) is 0. The molecule has 0 aromatic heterocycles. The average Bonchev–Trinajstić information content (AvgIpc) is 2.83. The molecule has 1 heterocycles. The van der Waals surface area contributed by atoms with Crippen LogP contribution in [0.2, 0.25) is 0 Å². The Hall–Kier alpha value is -1.84. The zero-order valence-corrected chi connectivity index (χ0v) is 15.4. The van der Waals surface area contributed by atoms with Crippen molar-refractivity contribution in [2.24, 2.45) is 4.99 Å². The molecule has 0 bridgehead atoms. The Kier molecular flexibility index (Phi) is 4.54. The standard InChI is InChI=1S/C21H16BrNS/c22-17-12-10-16(11-13-17)21-14-19(15-6-2-1-3-7-15)23-18-8-4-5-9-20(18)24-21/h1-13,21H,14H2. The Morgan fingerprint density at radius 3 is 2.33 bits per heavy atom. The van der Waals surface area contributed by atoms with Gasteiger partial charge in [-0.25, -0.2) is 0 Å². The van der Waals surface area contributed by atoms with Gasteiger partial charge in [0.05, 0.1) is 5.69 Å². The highest BCUT2D eigenvalue weighted by Crippen LogP contribution is 2.45. The molecule has 1 unspecified atom stereocenters. The number of hydrogen-bond donors (Lipinski definition) is 0. The number of hydrogen-bond acceptors (Lipinski definition) is 2. The molecule has 3 heteroatoms. The fraction of sp³-hybridized carbons (Fsp3) is 0.0952. The number of para-hydroxylation sites is 1. The van der Waals surface area contributed by atoms with Crippen molar-refractivity contribution in [3.63, 3.8) is 0 Å². The van der Waals surface area contributed by atoms with Crippen LogP contribution in [0.1, 0.15) is 22.8 Å². The van der Waals surface area contributed by atoms with E-state index in [2.05, 4.69) is 94.8 Å². The highest BCUT2D eigenvalue weighted by molar-refractivity contribution is 9.10. The Bertz CT molecular complexity index is 872. The fourth-order valence-corrected chi connectivity index (χ4v) is 4.38. The summed E-state index contributed by atoms with van der Waals surface area (Å²) in [5, 5.41) is 0.362. The molecule has 4 rings (SSSR count). The van der Waals surface area contributed by atoms with Crippen LogP contribution < -0.4 is 0 Å². The van der Waals surface area contributed by atoms with E-state index in [1.54, 1.807) is 0 Å². The van der Waals surface area contributed by atoms with Crippen molar-refractivity contribution >= 4 is 39.1 Å². The molecule has 0 spiro atoms. The van der Waals surface area contributed by atoms with E-state index in [1.165, 1.54) is 16.0 Å². The second kappa shape index (κ2) is 6.96. The van der Waals surface area contributed by atoms with Gasteiger partial charge in [0.25, 0.3) is 0 Å². The van der Waals surface area contributed by atoms with Crippen molar-refractivity contribution in [3.8, 4) is 0 Å². The third-order valence-electron chi connectivity index (χ3n) is 4.12. The molecule has 118 valence electrons. The summed E-state index contributed by atoms with van der Waals surface area (Å²) in [7, 11) is 0. The molecule has 0 aliphatic carbocycles. The van der Waals surface area contributed by atoms with Gasteiger partial charge in [0.2, 0.25) is 0 Å². The van der Waals surface area contributed by atoms with Crippen LogP contribution in [0.3, 0.4) is 0 Å². The highest BCUT2D eigenvalue weighted by Gasteiger charge is 2.22. The monoisotopic (exact) mass is 393 g/mol. The number of nitrogens with zero attached hydrogens (tertiary/aromatic N) is 1. The van der Waals surface area contributed by atoms with Crippen LogP contribution in [-0.2, 0) is 0 Å². The van der Waals surface area contributed by atoms with Crippen molar-refractivity contribution in [1.29, 1.82) is 0 Å². The van der Waals surface area contributed by atoms with Gasteiger partial charge in [0, 0.05) is 26.8 Å². The smallest absolute Gasteiger partial charge is 0.0769 e. The summed E-state index contributed by atoms with van der Waals surface area (Å²) in [6, 6.07) is 27.6. The summed E-state index contributed by atoms with van der Waals surface area (Å²) < 4.78 is 1.11. The van der Waals surface area contributed by atoms with Gasteiger partial charge in [0.1, 0.15) is 0 Å². The quantitative estimate of drug-likeness (QED) is 0.465. The van der Waals surface area contributed by atoms with Gasteiger partial charge in [-0.2, -0.15) is 0 Å². The third-order valence-corrected chi connectivity index (χ3v) is 5.97. The van der Waals surface area contributed by atoms with Crippen LogP contribution in [0.15, 0.2) is 93.2 Å². The molecule has 3 aromatic rings. The minimum Gasteiger partial charge on any atom is -0.252 e. The maximum absolute atomic E-state index is 4.99. The van der Waals surface area contributed by atoms with Gasteiger partial charge < -0.3 is 0 Å². The lowest BCUT2D eigenvalue weighted by Crippen LogP contribution is -2.05. The topological polar surface area (TPSA) is 12.4 Å². The van der Waals surface area contributed by atoms with E-state index in [0.717, 1.165) is 22.3 Å². The summed E-state index contributed by atoms with van der Waals surface area (Å²) in [6.45, 7) is 0. The number of benzene rings is 3. The molecule has 1 nitrogen and oxygen atoms in total. The van der Waals surface area contributed by atoms with Crippen LogP contribution in [-0.4, -0.2) is 5.71 Å². The molecule has 24 heavy (non-hydrogen) atoms. The van der Waals surface area contributed by atoms with Crippen LogP contribution >= 0.6 is 27.7 Å². The van der Waals surface area contributed by atoms with Gasteiger partial charge in [-0.15, -0.1) is 11.8 Å². The molecule has 0 N–H and O–H groups in total. The van der Waals surface area contributed by atoms with E-state index >= 15 is 0 Å². The predicted molar refractivity (Wildman–Crippen MR) is 106 cm³/mol. The second-order valence-corrected chi connectivity index (χ2v) is 7.91. The van der Waals surface area contributed by atoms with Crippen molar-refractivity contribution < 1.29 is 0 Å². The summed E-state index contributed by atoms with van der Waals surface area (Å²) >= 11 is 5.43. The van der Waals surface area contributed by atoms with E-state index in [4.69, 9.17) is 4.99 Å². The zero-order chi connectivity index (χ0) is 16.4. The van der Waals surface area contributed by atoms with Crippen LogP contribution in [0.4, 0.5) is 5.69 Å². The molecule has 1 atom stereocenters. The van der Waals surface area contributed by atoms with E-state index in [0.29, 0.717) is 5.25 Å². The Labute approximate surface area is 155 Å². The average molecular weight is 394 g/mol. The lowest BCUT2D eigenvalue weighted by atomic mass is 10.0. The minimum absolute atomic E-state index is 0.362. The summed E-state index contributed by atoms with van der Waals surface area (Å²) in [5.41, 5.74) is 4.77. The number of aliphatic imine (C=N–C) groups is 1. The largest absolute Gasteiger partial charge is 0.252 e. The molecule has 0 radical (unpaired) electrons. The summed E-state index contributed by atoms with van der Waals surface area (Å²) in [4.78, 5) is 6.24. The Balaban J connectivity index is 1.79. The van der Waals surface area contributed by atoms with Crippen molar-refractivity contribution in [3.05, 3.63) is 94.5 Å². The second-order valence-electron chi connectivity index (χ2n) is 5.75. The number of thioether (sulfide) groups is 1. The first-order chi connectivity index (χ1) is 11.8. The first kappa shape index (κ1) is 15.7. The number of halogens is 1.